The molecular formula is C30H26N4O5S2. The van der Waals surface area contributed by atoms with Crippen molar-refractivity contribution in [3.8, 4) is 34.2 Å². The molecule has 0 aliphatic heterocycles. The summed E-state index contributed by atoms with van der Waals surface area (Å²) < 4.78 is 31.4. The van der Waals surface area contributed by atoms with Gasteiger partial charge in [-0.05, 0) is 67.1 Å². The van der Waals surface area contributed by atoms with Crippen LogP contribution >= 0.6 is 11.8 Å². The SMILES string of the molecule is COc1ccc(-c2cc(-c3ccc(C)cc3)c(C#N)c(SCC(=O)Nc3ccc(S(=O)(=O)NC(C)=O)cc3)n2)cc1. The third kappa shape index (κ3) is 7.30. The zero-order chi connectivity index (χ0) is 29.6. The molecule has 0 saturated carbocycles. The first kappa shape index (κ1) is 29.3. The second kappa shape index (κ2) is 12.7. The molecule has 11 heteroatoms. The van der Waals surface area contributed by atoms with E-state index < -0.39 is 15.9 Å². The van der Waals surface area contributed by atoms with Crippen LogP contribution in [0.2, 0.25) is 0 Å². The van der Waals surface area contributed by atoms with Crippen molar-refractivity contribution in [3.63, 3.8) is 0 Å². The Morgan fingerprint density at radius 3 is 2.20 bits per heavy atom. The Hall–Kier alpha value is -4.66. The first-order chi connectivity index (χ1) is 19.6. The van der Waals surface area contributed by atoms with Crippen LogP contribution in [0.5, 0.6) is 5.75 Å². The van der Waals surface area contributed by atoms with Gasteiger partial charge < -0.3 is 10.1 Å². The number of amides is 2. The maximum Gasteiger partial charge on any atom is 0.264 e. The number of methoxy groups -OCH3 is 1. The Morgan fingerprint density at radius 2 is 1.61 bits per heavy atom. The van der Waals surface area contributed by atoms with Crippen LogP contribution in [0.1, 0.15) is 18.1 Å². The van der Waals surface area contributed by atoms with E-state index in [0.717, 1.165) is 35.4 Å². The van der Waals surface area contributed by atoms with Crippen molar-refractivity contribution in [1.29, 1.82) is 5.26 Å². The fourth-order valence-corrected chi connectivity index (χ4v) is 5.69. The molecule has 0 aliphatic carbocycles. The van der Waals surface area contributed by atoms with Gasteiger partial charge in [0.05, 0.1) is 29.0 Å². The summed E-state index contributed by atoms with van der Waals surface area (Å²) in [6.45, 7) is 3.09. The van der Waals surface area contributed by atoms with Gasteiger partial charge in [0.2, 0.25) is 11.8 Å². The van der Waals surface area contributed by atoms with Crippen LogP contribution in [0.3, 0.4) is 0 Å². The Kier molecular flexibility index (Phi) is 9.07. The minimum atomic E-state index is -3.98. The van der Waals surface area contributed by atoms with E-state index >= 15 is 0 Å². The van der Waals surface area contributed by atoms with Crippen molar-refractivity contribution in [2.45, 2.75) is 23.8 Å². The van der Waals surface area contributed by atoms with Crippen LogP contribution < -0.4 is 14.8 Å². The van der Waals surface area contributed by atoms with Crippen molar-refractivity contribution in [1.82, 2.24) is 9.71 Å². The molecule has 3 aromatic carbocycles. The minimum Gasteiger partial charge on any atom is -0.497 e. The fraction of sp³-hybridized carbons (Fsp3) is 0.133. The standard InChI is InChI=1S/C30H26N4O5S2/c1-19-4-6-21(7-5-19)26-16-28(22-8-12-24(39-3)13-9-22)33-30(27(26)17-31)40-18-29(36)32-23-10-14-25(15-11-23)41(37,38)34-20(2)35/h4-16H,18H2,1-3H3,(H,32,36)(H,34,35). The quantitative estimate of drug-likeness (QED) is 0.257. The topological polar surface area (TPSA) is 138 Å². The highest BCUT2D eigenvalue weighted by Gasteiger charge is 2.18. The molecule has 208 valence electrons. The summed E-state index contributed by atoms with van der Waals surface area (Å²) in [7, 11) is -2.39. The maximum atomic E-state index is 12.8. The summed E-state index contributed by atoms with van der Waals surface area (Å²) in [4.78, 5) is 28.6. The summed E-state index contributed by atoms with van der Waals surface area (Å²) in [6, 6.07) is 24.8. The summed E-state index contributed by atoms with van der Waals surface area (Å²) in [5, 5.41) is 13.2. The number of sulfonamides is 1. The van der Waals surface area contributed by atoms with Gasteiger partial charge in [0, 0.05) is 23.7 Å². The van der Waals surface area contributed by atoms with Crippen molar-refractivity contribution in [2.24, 2.45) is 0 Å². The lowest BCUT2D eigenvalue weighted by Gasteiger charge is -2.13. The molecule has 41 heavy (non-hydrogen) atoms. The van der Waals surface area contributed by atoms with E-state index in [9.17, 15) is 23.3 Å². The number of anilines is 1. The summed E-state index contributed by atoms with van der Waals surface area (Å²) in [5.41, 5.74) is 4.83. The lowest BCUT2D eigenvalue weighted by atomic mass is 9.98. The number of pyridine rings is 1. The molecule has 0 aliphatic rings. The number of nitrogens with zero attached hydrogens (tertiary/aromatic N) is 2. The monoisotopic (exact) mass is 586 g/mol. The zero-order valence-corrected chi connectivity index (χ0v) is 24.1. The second-order valence-electron chi connectivity index (χ2n) is 8.96. The van der Waals surface area contributed by atoms with Gasteiger partial charge in [-0.2, -0.15) is 5.26 Å². The number of hydrogen-bond donors (Lipinski definition) is 2. The third-order valence-corrected chi connectivity index (χ3v) is 8.34. The molecule has 9 nitrogen and oxygen atoms in total. The van der Waals surface area contributed by atoms with Crippen molar-refractivity contribution in [3.05, 3.63) is 90.0 Å². The smallest absolute Gasteiger partial charge is 0.264 e. The second-order valence-corrected chi connectivity index (χ2v) is 11.6. The van der Waals surface area contributed by atoms with Crippen LogP contribution in [0, 0.1) is 18.3 Å². The number of nitriles is 1. The van der Waals surface area contributed by atoms with Gasteiger partial charge in [-0.25, -0.2) is 18.1 Å². The zero-order valence-electron chi connectivity index (χ0n) is 22.5. The molecule has 0 atom stereocenters. The van der Waals surface area contributed by atoms with E-state index in [1.807, 2.05) is 66.2 Å². The van der Waals surface area contributed by atoms with E-state index in [1.54, 1.807) is 7.11 Å². The molecule has 0 spiro atoms. The largest absolute Gasteiger partial charge is 0.497 e. The molecule has 1 heterocycles. The molecule has 2 N–H and O–H groups in total. The predicted molar refractivity (Wildman–Crippen MR) is 158 cm³/mol. The third-order valence-electron chi connectivity index (χ3n) is 5.91. The maximum absolute atomic E-state index is 12.8. The van der Waals surface area contributed by atoms with Crippen molar-refractivity contribution in [2.75, 3.05) is 18.2 Å². The number of aromatic nitrogens is 1. The average Bonchev–Trinajstić information content (AvgIpc) is 2.95. The number of aryl methyl sites for hydroxylation is 1. The van der Waals surface area contributed by atoms with E-state index in [0.29, 0.717) is 33.3 Å². The van der Waals surface area contributed by atoms with Gasteiger partial charge in [0.15, 0.2) is 0 Å². The molecule has 0 fully saturated rings. The number of carbonyl (C=O) groups is 2. The molecule has 2 amide bonds. The molecular weight excluding hydrogens is 560 g/mol. The Labute approximate surface area is 242 Å². The molecule has 0 radical (unpaired) electrons. The van der Waals surface area contributed by atoms with E-state index in [4.69, 9.17) is 9.72 Å². The average molecular weight is 587 g/mol. The Morgan fingerprint density at radius 1 is 0.976 bits per heavy atom. The number of rotatable bonds is 9. The first-order valence-electron chi connectivity index (χ1n) is 12.3. The van der Waals surface area contributed by atoms with Gasteiger partial charge in [-0.15, -0.1) is 0 Å². The number of carbonyl (C=O) groups excluding carboxylic acids is 2. The number of nitrogens with one attached hydrogen (secondary N) is 2. The lowest BCUT2D eigenvalue weighted by molar-refractivity contribution is -0.117. The van der Waals surface area contributed by atoms with Crippen LogP contribution in [0.25, 0.3) is 22.4 Å². The molecule has 0 bridgehead atoms. The summed E-state index contributed by atoms with van der Waals surface area (Å²) in [5.74, 6) is -0.420. The van der Waals surface area contributed by atoms with E-state index in [1.165, 1.54) is 24.3 Å². The van der Waals surface area contributed by atoms with Crippen molar-refractivity contribution < 1.29 is 22.7 Å². The molecule has 0 unspecified atom stereocenters. The van der Waals surface area contributed by atoms with E-state index in [-0.39, 0.29) is 16.6 Å². The highest BCUT2D eigenvalue weighted by atomic mass is 32.2. The van der Waals surface area contributed by atoms with Crippen LogP contribution in [-0.2, 0) is 19.6 Å². The predicted octanol–water partition coefficient (Wildman–Crippen LogP) is 5.16. The molecule has 4 aromatic rings. The van der Waals surface area contributed by atoms with Gasteiger partial charge >= 0.3 is 0 Å². The van der Waals surface area contributed by atoms with Crippen LogP contribution in [-0.4, -0.2) is 38.1 Å². The van der Waals surface area contributed by atoms with Gasteiger partial charge in [-0.1, -0.05) is 41.6 Å². The highest BCUT2D eigenvalue weighted by molar-refractivity contribution is 8.00. The Bertz CT molecular complexity index is 1730. The molecule has 1 aromatic heterocycles. The normalized spacial score (nSPS) is 10.9. The molecule has 0 saturated heterocycles. The van der Waals surface area contributed by atoms with Gasteiger partial charge in [-0.3, -0.25) is 9.59 Å². The minimum absolute atomic E-state index is 0.0486. The fourth-order valence-electron chi connectivity index (χ4n) is 3.90. The Balaban J connectivity index is 1.59. The number of hydrogen-bond acceptors (Lipinski definition) is 8. The summed E-state index contributed by atoms with van der Waals surface area (Å²) >= 11 is 1.13. The first-order valence-corrected chi connectivity index (χ1v) is 14.8. The number of thioether (sulfide) groups is 1. The van der Waals surface area contributed by atoms with Gasteiger partial charge in [0.1, 0.15) is 16.8 Å². The number of benzene rings is 3. The lowest BCUT2D eigenvalue weighted by Crippen LogP contribution is -2.28. The van der Waals surface area contributed by atoms with Gasteiger partial charge in [0.25, 0.3) is 10.0 Å². The number of ether oxygens (including phenoxy) is 1. The van der Waals surface area contributed by atoms with E-state index in [2.05, 4.69) is 11.4 Å². The molecule has 4 rings (SSSR count). The van der Waals surface area contributed by atoms with Crippen LogP contribution in [0.4, 0.5) is 5.69 Å². The highest BCUT2D eigenvalue weighted by Crippen LogP contribution is 2.35. The van der Waals surface area contributed by atoms with Crippen LogP contribution in [0.15, 0.2) is 88.8 Å². The summed E-state index contributed by atoms with van der Waals surface area (Å²) in [6.07, 6.45) is 0. The van der Waals surface area contributed by atoms with Crippen molar-refractivity contribution >= 4 is 39.3 Å².